The predicted molar refractivity (Wildman–Crippen MR) is 118 cm³/mol. The third-order valence-electron chi connectivity index (χ3n) is 6.20. The highest BCUT2D eigenvalue weighted by molar-refractivity contribution is 5.42. The molecule has 0 aliphatic carbocycles. The molecule has 1 fully saturated rings. The lowest BCUT2D eigenvalue weighted by molar-refractivity contribution is -0.137. The van der Waals surface area contributed by atoms with Gasteiger partial charge in [0, 0.05) is 18.6 Å². The molecular weight excluding hydrogens is 419 g/mol. The third-order valence-corrected chi connectivity index (χ3v) is 6.20. The first-order chi connectivity index (χ1) is 15.1. The van der Waals surface area contributed by atoms with Gasteiger partial charge in [-0.2, -0.15) is 13.2 Å². The quantitative estimate of drug-likeness (QED) is 0.521. The van der Waals surface area contributed by atoms with E-state index in [0.717, 1.165) is 17.2 Å². The molecule has 1 saturated heterocycles. The van der Waals surface area contributed by atoms with E-state index in [1.807, 2.05) is 38.1 Å². The topological polar surface area (TPSA) is 39.7 Å². The molecule has 3 rings (SSSR count). The fraction of sp³-hybridized carbons (Fsp3) is 0.520. The molecule has 2 aromatic rings. The van der Waals surface area contributed by atoms with Crippen LogP contribution >= 0.6 is 0 Å². The first-order valence-electron chi connectivity index (χ1n) is 10.8. The Kier molecular flexibility index (Phi) is 7.40. The van der Waals surface area contributed by atoms with Crippen molar-refractivity contribution in [3.05, 3.63) is 59.2 Å². The van der Waals surface area contributed by atoms with Crippen LogP contribution in [0, 0.1) is 0 Å². The zero-order chi connectivity index (χ0) is 23.4. The summed E-state index contributed by atoms with van der Waals surface area (Å²) in [4.78, 5) is 0. The van der Waals surface area contributed by atoms with Crippen LogP contribution in [0.25, 0.3) is 0 Å². The van der Waals surface area contributed by atoms with Gasteiger partial charge >= 0.3 is 6.18 Å². The van der Waals surface area contributed by atoms with Crippen LogP contribution in [0.2, 0.25) is 0 Å². The van der Waals surface area contributed by atoms with Crippen LogP contribution < -0.4 is 14.8 Å². The van der Waals surface area contributed by atoms with Crippen molar-refractivity contribution in [3.63, 3.8) is 0 Å². The summed E-state index contributed by atoms with van der Waals surface area (Å²) >= 11 is 0. The second kappa shape index (κ2) is 9.71. The number of alkyl halides is 3. The predicted octanol–water partition coefficient (Wildman–Crippen LogP) is 5.73. The molecule has 1 atom stereocenters. The Hall–Kier alpha value is -2.25. The number of hydrogen-bond donors (Lipinski definition) is 1. The molecule has 0 unspecified atom stereocenters. The zero-order valence-electron chi connectivity index (χ0n) is 19.1. The van der Waals surface area contributed by atoms with E-state index in [1.165, 1.54) is 12.1 Å². The lowest BCUT2D eigenvalue weighted by atomic mass is 9.67. The van der Waals surface area contributed by atoms with Crippen molar-refractivity contribution in [2.45, 2.75) is 56.8 Å². The molecule has 0 spiro atoms. The Morgan fingerprint density at radius 2 is 1.78 bits per heavy atom. The third kappa shape index (κ3) is 5.75. The summed E-state index contributed by atoms with van der Waals surface area (Å²) in [6.45, 7) is 5.83. The average molecular weight is 452 g/mol. The Labute approximate surface area is 188 Å². The normalized spacial score (nSPS) is 20.7. The summed E-state index contributed by atoms with van der Waals surface area (Å²) in [5.74, 6) is 1.34. The van der Waals surface area contributed by atoms with Crippen molar-refractivity contribution >= 4 is 0 Å². The minimum Gasteiger partial charge on any atom is -0.493 e. The van der Waals surface area contributed by atoms with Crippen molar-refractivity contribution in [1.29, 1.82) is 0 Å². The van der Waals surface area contributed by atoms with Crippen LogP contribution in [0.15, 0.2) is 42.5 Å². The molecule has 176 valence electrons. The minimum absolute atomic E-state index is 0.381. The molecule has 1 heterocycles. The first kappa shape index (κ1) is 24.4. The van der Waals surface area contributed by atoms with Crippen molar-refractivity contribution in [1.82, 2.24) is 5.32 Å². The van der Waals surface area contributed by atoms with Crippen LogP contribution in [-0.4, -0.2) is 33.0 Å². The van der Waals surface area contributed by atoms with Crippen molar-refractivity contribution < 1.29 is 27.4 Å². The monoisotopic (exact) mass is 451 g/mol. The number of nitrogens with one attached hydrogen (secondary N) is 1. The summed E-state index contributed by atoms with van der Waals surface area (Å²) in [6, 6.07) is 11.5. The summed E-state index contributed by atoms with van der Waals surface area (Å²) in [5.41, 5.74) is 0.403. The highest BCUT2D eigenvalue weighted by Gasteiger charge is 2.42. The maximum atomic E-state index is 13.4. The van der Waals surface area contributed by atoms with Crippen LogP contribution in [0.1, 0.15) is 49.8 Å². The van der Waals surface area contributed by atoms with Crippen LogP contribution in [-0.2, 0) is 22.9 Å². The molecule has 0 bridgehead atoms. The first-order valence-corrected chi connectivity index (χ1v) is 10.8. The van der Waals surface area contributed by atoms with E-state index >= 15 is 0 Å². The van der Waals surface area contributed by atoms with E-state index < -0.39 is 17.3 Å². The molecule has 0 amide bonds. The SMILES string of the molecule is COc1ccc(CNCC[C@@]2(c3cccc(C(F)(F)F)c3)CCOC(C)(C)C2)cc1OC. The summed E-state index contributed by atoms with van der Waals surface area (Å²) in [5, 5.41) is 3.45. The van der Waals surface area contributed by atoms with Gasteiger partial charge in [0.1, 0.15) is 0 Å². The largest absolute Gasteiger partial charge is 0.493 e. The van der Waals surface area contributed by atoms with Crippen LogP contribution in [0.5, 0.6) is 11.5 Å². The molecule has 2 aromatic carbocycles. The van der Waals surface area contributed by atoms with Crippen molar-refractivity contribution in [2.75, 3.05) is 27.4 Å². The highest BCUT2D eigenvalue weighted by Crippen LogP contribution is 2.45. The Morgan fingerprint density at radius 1 is 1.03 bits per heavy atom. The molecule has 1 N–H and O–H groups in total. The van der Waals surface area contributed by atoms with Gasteiger partial charge in [-0.15, -0.1) is 0 Å². The lowest BCUT2D eigenvalue weighted by Gasteiger charge is -2.46. The Morgan fingerprint density at radius 3 is 2.44 bits per heavy atom. The molecule has 0 aromatic heterocycles. The smallest absolute Gasteiger partial charge is 0.416 e. The zero-order valence-corrected chi connectivity index (χ0v) is 19.1. The van der Waals surface area contributed by atoms with E-state index in [9.17, 15) is 13.2 Å². The van der Waals surface area contributed by atoms with Gasteiger partial charge in [-0.05, 0) is 69.0 Å². The number of halogens is 3. The van der Waals surface area contributed by atoms with E-state index in [0.29, 0.717) is 50.5 Å². The van der Waals surface area contributed by atoms with E-state index in [2.05, 4.69) is 5.32 Å². The second-order valence-corrected chi connectivity index (χ2v) is 9.01. The van der Waals surface area contributed by atoms with Crippen molar-refractivity contribution in [3.8, 4) is 11.5 Å². The number of benzene rings is 2. The van der Waals surface area contributed by atoms with Crippen LogP contribution in [0.4, 0.5) is 13.2 Å². The van der Waals surface area contributed by atoms with Crippen LogP contribution in [0.3, 0.4) is 0 Å². The standard InChI is InChI=1S/C25H32F3NO3/c1-23(2)17-24(11-13-32-23,19-6-5-7-20(15-19)25(26,27)28)10-12-29-16-18-8-9-21(30-3)22(14-18)31-4/h5-9,14-15,29H,10-13,16-17H2,1-4H3/t24-/m1/s1. The van der Waals surface area contributed by atoms with Gasteiger partial charge in [-0.3, -0.25) is 0 Å². The van der Waals surface area contributed by atoms with E-state index in [1.54, 1.807) is 14.2 Å². The molecule has 0 radical (unpaired) electrons. The Bertz CT molecular complexity index is 914. The lowest BCUT2D eigenvalue weighted by Crippen LogP contribution is -2.45. The van der Waals surface area contributed by atoms with Gasteiger partial charge < -0.3 is 19.5 Å². The fourth-order valence-electron chi connectivity index (χ4n) is 4.66. The number of methoxy groups -OCH3 is 2. The van der Waals surface area contributed by atoms with E-state index in [4.69, 9.17) is 14.2 Å². The molecule has 32 heavy (non-hydrogen) atoms. The molecule has 4 nitrogen and oxygen atoms in total. The summed E-state index contributed by atoms with van der Waals surface area (Å²) in [7, 11) is 3.19. The van der Waals surface area contributed by atoms with E-state index in [-0.39, 0.29) is 5.41 Å². The highest BCUT2D eigenvalue weighted by atomic mass is 19.4. The number of ether oxygens (including phenoxy) is 3. The average Bonchev–Trinajstić information content (AvgIpc) is 2.75. The molecule has 0 saturated carbocycles. The maximum absolute atomic E-state index is 13.4. The summed E-state index contributed by atoms with van der Waals surface area (Å²) < 4.78 is 56.6. The fourth-order valence-corrected chi connectivity index (χ4v) is 4.66. The van der Waals surface area contributed by atoms with Gasteiger partial charge in [0.05, 0.1) is 25.4 Å². The maximum Gasteiger partial charge on any atom is 0.416 e. The molecular formula is C25H32F3NO3. The van der Waals surface area contributed by atoms with Gasteiger partial charge in [0.25, 0.3) is 0 Å². The number of rotatable bonds is 8. The minimum atomic E-state index is -4.36. The van der Waals surface area contributed by atoms with Crippen molar-refractivity contribution in [2.24, 2.45) is 0 Å². The summed E-state index contributed by atoms with van der Waals surface area (Å²) in [6.07, 6.45) is -2.28. The van der Waals surface area contributed by atoms with Gasteiger partial charge in [-0.25, -0.2) is 0 Å². The van der Waals surface area contributed by atoms with Gasteiger partial charge in [-0.1, -0.05) is 24.3 Å². The molecule has 1 aliphatic rings. The van der Waals surface area contributed by atoms with Gasteiger partial charge in [0.15, 0.2) is 11.5 Å². The molecule has 7 heteroatoms. The second-order valence-electron chi connectivity index (χ2n) is 9.01. The Balaban J connectivity index is 1.75. The molecule has 1 aliphatic heterocycles. The van der Waals surface area contributed by atoms with Gasteiger partial charge in [0.2, 0.25) is 0 Å². The number of hydrogen-bond acceptors (Lipinski definition) is 4.